The van der Waals surface area contributed by atoms with E-state index in [9.17, 15) is 24.0 Å². The van der Waals surface area contributed by atoms with E-state index in [4.69, 9.17) is 10.8 Å². The molecule has 0 bridgehead atoms. The second-order valence-corrected chi connectivity index (χ2v) is 6.44. The molecular weight excluding hydrogens is 350 g/mol. The summed E-state index contributed by atoms with van der Waals surface area (Å²) in [5.41, 5.74) is 5.31. The zero-order valence-corrected chi connectivity index (χ0v) is 14.8. The van der Waals surface area contributed by atoms with Crippen molar-refractivity contribution >= 4 is 41.4 Å². The minimum absolute atomic E-state index is 0.135. The number of nitrogens with zero attached hydrogens (tertiary/aromatic N) is 2. The van der Waals surface area contributed by atoms with Crippen LogP contribution < -0.4 is 5.73 Å². The van der Waals surface area contributed by atoms with Gasteiger partial charge < -0.3 is 10.8 Å². The summed E-state index contributed by atoms with van der Waals surface area (Å²) in [6.07, 6.45) is 2.71. The van der Waals surface area contributed by atoms with Crippen LogP contribution in [0.5, 0.6) is 0 Å². The van der Waals surface area contributed by atoms with Crippen LogP contribution >= 0.6 is 11.8 Å². The normalized spacial score (nSPS) is 20.8. The van der Waals surface area contributed by atoms with E-state index in [1.807, 2.05) is 0 Å². The summed E-state index contributed by atoms with van der Waals surface area (Å²) in [5, 5.41) is 8.10. The number of amides is 4. The lowest BCUT2D eigenvalue weighted by Gasteiger charge is -2.12. The molecule has 3 N–H and O–H groups in total. The zero-order chi connectivity index (χ0) is 19.1. The van der Waals surface area contributed by atoms with Crippen LogP contribution in [-0.2, 0) is 24.0 Å². The number of hydrogen-bond donors (Lipinski definition) is 2. The van der Waals surface area contributed by atoms with Crippen molar-refractivity contribution in [1.82, 2.24) is 9.80 Å². The van der Waals surface area contributed by atoms with Crippen molar-refractivity contribution in [3.63, 3.8) is 0 Å². The second-order valence-electron chi connectivity index (χ2n) is 5.20. The first-order valence-corrected chi connectivity index (χ1v) is 8.75. The summed E-state index contributed by atoms with van der Waals surface area (Å²) >= 11 is 1.13. The lowest BCUT2D eigenvalue weighted by molar-refractivity contribution is -0.139. The molecule has 1 saturated heterocycles. The Labute approximate surface area is 149 Å². The number of hydrogen-bond acceptors (Lipinski definition) is 7. The highest BCUT2D eigenvalue weighted by Crippen LogP contribution is 2.25. The van der Waals surface area contributed by atoms with Gasteiger partial charge in [0.15, 0.2) is 0 Å². The number of carbonyl (C=O) groups excluding carboxylic acids is 4. The molecular formula is C15H21N3O6S. The molecule has 0 aliphatic carbocycles. The van der Waals surface area contributed by atoms with Crippen molar-refractivity contribution in [3.8, 4) is 0 Å². The maximum atomic E-state index is 11.6. The molecule has 1 unspecified atom stereocenters. The van der Waals surface area contributed by atoms with E-state index in [0.717, 1.165) is 11.8 Å². The minimum Gasteiger partial charge on any atom is -0.480 e. The summed E-state index contributed by atoms with van der Waals surface area (Å²) in [6.45, 7) is 4.32. The van der Waals surface area contributed by atoms with Gasteiger partial charge in [-0.05, 0) is 13.8 Å². The highest BCUT2D eigenvalue weighted by Gasteiger charge is 2.38. The summed E-state index contributed by atoms with van der Waals surface area (Å²) in [6, 6.07) is -0.997. The second kappa shape index (κ2) is 9.33. The van der Waals surface area contributed by atoms with E-state index in [2.05, 4.69) is 0 Å². The molecule has 10 heteroatoms. The van der Waals surface area contributed by atoms with Gasteiger partial charge >= 0.3 is 5.97 Å². The number of nitrogens with two attached hydrogens (primary N) is 1. The van der Waals surface area contributed by atoms with Crippen LogP contribution in [0.15, 0.2) is 12.2 Å². The third-order valence-electron chi connectivity index (χ3n) is 3.53. The van der Waals surface area contributed by atoms with Gasteiger partial charge in [0.05, 0.1) is 5.25 Å². The van der Waals surface area contributed by atoms with Crippen molar-refractivity contribution in [2.75, 3.05) is 18.8 Å². The van der Waals surface area contributed by atoms with Gasteiger partial charge in [0.2, 0.25) is 11.8 Å². The Bertz CT molecular complexity index is 588. The van der Waals surface area contributed by atoms with Crippen LogP contribution in [-0.4, -0.2) is 74.6 Å². The monoisotopic (exact) mass is 371 g/mol. The Morgan fingerprint density at radius 1 is 1.20 bits per heavy atom. The fraction of sp³-hybridized carbons (Fsp3) is 0.533. The van der Waals surface area contributed by atoms with Crippen molar-refractivity contribution in [2.45, 2.75) is 31.6 Å². The molecule has 0 aromatic rings. The molecule has 0 aromatic carbocycles. The van der Waals surface area contributed by atoms with Crippen LogP contribution in [0.1, 0.15) is 20.3 Å². The fourth-order valence-corrected chi connectivity index (χ4v) is 3.26. The summed E-state index contributed by atoms with van der Waals surface area (Å²) < 4.78 is 0. The average Bonchev–Trinajstić information content (AvgIpc) is 3.03. The number of imide groups is 2. The average molecular weight is 371 g/mol. The van der Waals surface area contributed by atoms with Crippen molar-refractivity contribution in [3.05, 3.63) is 12.2 Å². The molecule has 2 heterocycles. The lowest BCUT2D eigenvalue weighted by atomic mass is 10.3. The largest absolute Gasteiger partial charge is 0.480 e. The molecule has 0 radical (unpaired) electrons. The van der Waals surface area contributed by atoms with Crippen molar-refractivity contribution < 1.29 is 29.1 Å². The van der Waals surface area contributed by atoms with Crippen LogP contribution in [0.2, 0.25) is 0 Å². The molecule has 1 fully saturated rings. The van der Waals surface area contributed by atoms with Gasteiger partial charge in [-0.3, -0.25) is 33.8 Å². The first-order chi connectivity index (χ1) is 11.7. The topological polar surface area (TPSA) is 138 Å². The van der Waals surface area contributed by atoms with Crippen molar-refractivity contribution in [1.29, 1.82) is 0 Å². The van der Waals surface area contributed by atoms with Crippen LogP contribution in [0.4, 0.5) is 0 Å². The molecule has 0 spiro atoms. The molecule has 0 saturated carbocycles. The third-order valence-corrected chi connectivity index (χ3v) is 4.85. The number of aliphatic carboxylic acids is 1. The van der Waals surface area contributed by atoms with E-state index in [1.54, 1.807) is 13.8 Å². The Morgan fingerprint density at radius 3 is 2.08 bits per heavy atom. The lowest BCUT2D eigenvalue weighted by Crippen LogP contribution is -2.34. The van der Waals surface area contributed by atoms with E-state index in [1.165, 1.54) is 22.0 Å². The van der Waals surface area contributed by atoms with Gasteiger partial charge in [0, 0.05) is 37.4 Å². The number of carbonyl (C=O) groups is 5. The van der Waals surface area contributed by atoms with Gasteiger partial charge in [-0.2, -0.15) is 0 Å². The molecule has 25 heavy (non-hydrogen) atoms. The fourth-order valence-electron chi connectivity index (χ4n) is 2.15. The zero-order valence-electron chi connectivity index (χ0n) is 14.0. The van der Waals surface area contributed by atoms with E-state index < -0.39 is 17.3 Å². The highest BCUT2D eigenvalue weighted by atomic mass is 32.2. The van der Waals surface area contributed by atoms with E-state index >= 15 is 0 Å². The molecule has 2 aliphatic rings. The molecule has 138 valence electrons. The Balaban J connectivity index is 0.000000293. The minimum atomic E-state index is -1.10. The summed E-state index contributed by atoms with van der Waals surface area (Å²) in [5.74, 6) is -1.82. The number of carboxylic acid groups (broad SMARTS) is 1. The SMILES string of the molecule is CCN1C(=O)C=CC1=O.CCN1C(=O)CC(SC[C@H](N)C(=O)O)C1=O. The smallest absolute Gasteiger partial charge is 0.321 e. The Hall–Kier alpha value is -2.20. The number of rotatable bonds is 6. The summed E-state index contributed by atoms with van der Waals surface area (Å²) in [7, 11) is 0. The van der Waals surface area contributed by atoms with E-state index in [-0.39, 0.29) is 35.8 Å². The first kappa shape index (κ1) is 20.8. The van der Waals surface area contributed by atoms with Gasteiger partial charge in [-0.15, -0.1) is 11.8 Å². The Kier molecular flexibility index (Phi) is 7.78. The molecule has 4 amide bonds. The number of likely N-dealkylation sites (N-methyl/N-ethyl adjacent to an activating group) is 1. The number of likely N-dealkylation sites (tertiary alicyclic amines) is 1. The predicted octanol–water partition coefficient (Wildman–Crippen LogP) is -0.790. The molecule has 2 rings (SSSR count). The Morgan fingerprint density at radius 2 is 1.72 bits per heavy atom. The standard InChI is InChI=1S/C9H14N2O4S.C6H7NO2/c1-2-11-7(12)3-6(8(11)13)16-4-5(10)9(14)15;1-2-7-5(8)3-4-6(7)9/h5-6H,2-4,10H2,1H3,(H,14,15);3-4H,2H2,1H3/t5-,6?;/m0./s1. The van der Waals surface area contributed by atoms with Gasteiger partial charge in [-0.1, -0.05) is 0 Å². The number of thioether (sulfide) groups is 1. The summed E-state index contributed by atoms with van der Waals surface area (Å²) in [4.78, 5) is 57.1. The first-order valence-electron chi connectivity index (χ1n) is 7.70. The van der Waals surface area contributed by atoms with E-state index in [0.29, 0.717) is 13.1 Å². The molecule has 2 atom stereocenters. The third kappa shape index (κ3) is 5.40. The molecule has 0 aromatic heterocycles. The predicted molar refractivity (Wildman–Crippen MR) is 90.4 cm³/mol. The highest BCUT2D eigenvalue weighted by molar-refractivity contribution is 8.00. The van der Waals surface area contributed by atoms with Crippen LogP contribution in [0.3, 0.4) is 0 Å². The maximum Gasteiger partial charge on any atom is 0.321 e. The molecule has 2 aliphatic heterocycles. The quantitative estimate of drug-likeness (QED) is 0.579. The van der Waals surface area contributed by atoms with Gasteiger partial charge in [-0.25, -0.2) is 0 Å². The molecule has 9 nitrogen and oxygen atoms in total. The van der Waals surface area contributed by atoms with Crippen LogP contribution in [0, 0.1) is 0 Å². The van der Waals surface area contributed by atoms with Crippen LogP contribution in [0.25, 0.3) is 0 Å². The van der Waals surface area contributed by atoms with Gasteiger partial charge in [0.25, 0.3) is 11.8 Å². The number of carboxylic acids is 1. The van der Waals surface area contributed by atoms with Crippen molar-refractivity contribution in [2.24, 2.45) is 5.73 Å². The maximum absolute atomic E-state index is 11.6. The van der Waals surface area contributed by atoms with Gasteiger partial charge in [0.1, 0.15) is 6.04 Å².